The van der Waals surface area contributed by atoms with Gasteiger partial charge in [-0.1, -0.05) is 48.5 Å². The lowest BCUT2D eigenvalue weighted by Gasteiger charge is -2.18. The van der Waals surface area contributed by atoms with E-state index >= 15 is 0 Å². The van der Waals surface area contributed by atoms with Crippen molar-refractivity contribution in [1.29, 1.82) is 0 Å². The van der Waals surface area contributed by atoms with Gasteiger partial charge in [0.1, 0.15) is 5.75 Å². The average Bonchev–Trinajstić information content (AvgIpc) is 3.02. The van der Waals surface area contributed by atoms with E-state index in [1.807, 2.05) is 18.2 Å². The number of hydrogen-bond donors (Lipinski definition) is 0. The van der Waals surface area contributed by atoms with E-state index in [1.165, 1.54) is 16.7 Å². The van der Waals surface area contributed by atoms with Crippen molar-refractivity contribution in [1.82, 2.24) is 9.55 Å². The van der Waals surface area contributed by atoms with E-state index in [2.05, 4.69) is 79.9 Å². The Kier molecular flexibility index (Phi) is 4.68. The molecule has 4 rings (SSSR count). The monoisotopic (exact) mass is 356 g/mol. The fourth-order valence-electron chi connectivity index (χ4n) is 3.47. The van der Waals surface area contributed by atoms with Crippen LogP contribution in [0.1, 0.15) is 35.5 Å². The van der Waals surface area contributed by atoms with Crippen molar-refractivity contribution in [2.45, 2.75) is 33.4 Å². The third-order valence-electron chi connectivity index (χ3n) is 4.94. The van der Waals surface area contributed by atoms with Gasteiger partial charge in [-0.25, -0.2) is 4.98 Å². The van der Waals surface area contributed by atoms with E-state index in [9.17, 15) is 0 Å². The maximum atomic E-state index is 6.24. The molecule has 0 saturated heterocycles. The maximum Gasteiger partial charge on any atom is 0.153 e. The Bertz CT molecular complexity index is 1080. The van der Waals surface area contributed by atoms with Gasteiger partial charge in [-0.15, -0.1) is 0 Å². The molecule has 0 N–H and O–H groups in total. The van der Waals surface area contributed by atoms with Gasteiger partial charge in [0.25, 0.3) is 0 Å². The molecule has 3 heteroatoms. The Morgan fingerprint density at radius 3 is 2.52 bits per heavy atom. The zero-order valence-corrected chi connectivity index (χ0v) is 16.0. The number of rotatable bonds is 5. The largest absolute Gasteiger partial charge is 0.483 e. The summed E-state index contributed by atoms with van der Waals surface area (Å²) in [6.07, 6.45) is -0.150. The number of benzene rings is 3. The summed E-state index contributed by atoms with van der Waals surface area (Å²) in [7, 11) is 0. The first-order chi connectivity index (χ1) is 13.1. The molecule has 3 nitrogen and oxygen atoms in total. The smallest absolute Gasteiger partial charge is 0.153 e. The minimum Gasteiger partial charge on any atom is -0.483 e. The Morgan fingerprint density at radius 1 is 0.926 bits per heavy atom. The lowest BCUT2D eigenvalue weighted by Crippen LogP contribution is -2.13. The van der Waals surface area contributed by atoms with Crippen LogP contribution in [0.3, 0.4) is 0 Å². The molecule has 4 aromatic rings. The van der Waals surface area contributed by atoms with Crippen molar-refractivity contribution in [3.8, 4) is 5.75 Å². The van der Waals surface area contributed by atoms with Gasteiger partial charge in [0, 0.05) is 6.54 Å². The molecule has 0 aliphatic carbocycles. The summed E-state index contributed by atoms with van der Waals surface area (Å²) < 4.78 is 8.51. The van der Waals surface area contributed by atoms with Gasteiger partial charge in [-0.05, 0) is 61.7 Å². The fourth-order valence-corrected chi connectivity index (χ4v) is 3.47. The van der Waals surface area contributed by atoms with Gasteiger partial charge in [0.2, 0.25) is 0 Å². The highest BCUT2D eigenvalue weighted by atomic mass is 16.5. The minimum atomic E-state index is -0.150. The molecule has 3 aromatic carbocycles. The second-order valence-corrected chi connectivity index (χ2v) is 7.05. The van der Waals surface area contributed by atoms with E-state index in [4.69, 9.17) is 9.72 Å². The van der Waals surface area contributed by atoms with Crippen LogP contribution in [0, 0.1) is 13.8 Å². The fraction of sp³-hybridized carbons (Fsp3) is 0.208. The van der Waals surface area contributed by atoms with Gasteiger partial charge in [0.05, 0.1) is 11.0 Å². The zero-order valence-electron chi connectivity index (χ0n) is 16.0. The summed E-state index contributed by atoms with van der Waals surface area (Å²) in [4.78, 5) is 4.89. The van der Waals surface area contributed by atoms with E-state index in [0.29, 0.717) is 0 Å². The van der Waals surface area contributed by atoms with Gasteiger partial charge in [-0.3, -0.25) is 0 Å². The number of aryl methyl sites for hydroxylation is 2. The van der Waals surface area contributed by atoms with Crippen LogP contribution in [-0.2, 0) is 6.54 Å². The van der Waals surface area contributed by atoms with Crippen molar-refractivity contribution >= 4 is 11.0 Å². The highest BCUT2D eigenvalue weighted by Crippen LogP contribution is 2.27. The summed E-state index contributed by atoms with van der Waals surface area (Å²) >= 11 is 0. The lowest BCUT2D eigenvalue weighted by molar-refractivity contribution is 0.212. The normalized spacial score (nSPS) is 12.3. The number of nitrogens with zero attached hydrogens (tertiary/aromatic N) is 2. The SMILES string of the molecule is Cc1cccc(OC(C)c2nc3ccccc3n2Cc2ccccc2C)c1. The predicted octanol–water partition coefficient (Wildman–Crippen LogP) is 5.84. The Balaban J connectivity index is 1.74. The van der Waals surface area contributed by atoms with Crippen LogP contribution in [0.4, 0.5) is 0 Å². The van der Waals surface area contributed by atoms with Crippen molar-refractivity contribution in [2.75, 3.05) is 0 Å². The van der Waals surface area contributed by atoms with Crippen LogP contribution in [0.5, 0.6) is 5.75 Å². The van der Waals surface area contributed by atoms with Crippen LogP contribution >= 0.6 is 0 Å². The molecule has 0 spiro atoms. The predicted molar refractivity (Wildman–Crippen MR) is 110 cm³/mol. The summed E-state index contributed by atoms with van der Waals surface area (Å²) in [6, 6.07) is 24.9. The van der Waals surface area contributed by atoms with Crippen molar-refractivity contribution < 1.29 is 4.74 Å². The molecule has 1 unspecified atom stereocenters. The molecule has 0 saturated carbocycles. The first-order valence-corrected chi connectivity index (χ1v) is 9.35. The van der Waals surface area contributed by atoms with Crippen molar-refractivity contribution in [3.05, 3.63) is 95.3 Å². The van der Waals surface area contributed by atoms with E-state index < -0.39 is 0 Å². The molecule has 27 heavy (non-hydrogen) atoms. The molecule has 1 aromatic heterocycles. The quantitative estimate of drug-likeness (QED) is 0.449. The number of ether oxygens (including phenoxy) is 1. The molecule has 0 radical (unpaired) electrons. The molecule has 0 aliphatic heterocycles. The summed E-state index contributed by atoms with van der Waals surface area (Å²) in [6.45, 7) is 7.08. The number of aromatic nitrogens is 2. The van der Waals surface area contributed by atoms with Crippen LogP contribution in [0.2, 0.25) is 0 Å². The average molecular weight is 356 g/mol. The molecule has 0 fully saturated rings. The second-order valence-electron chi connectivity index (χ2n) is 7.05. The molecule has 1 heterocycles. The molecule has 0 bridgehead atoms. The molecule has 136 valence electrons. The van der Waals surface area contributed by atoms with E-state index in [0.717, 1.165) is 29.2 Å². The first-order valence-electron chi connectivity index (χ1n) is 9.35. The second kappa shape index (κ2) is 7.28. The molecule has 0 aliphatic rings. The number of hydrogen-bond acceptors (Lipinski definition) is 2. The maximum absolute atomic E-state index is 6.24. The Hall–Kier alpha value is -3.07. The Morgan fingerprint density at radius 2 is 1.70 bits per heavy atom. The summed E-state index contributed by atoms with van der Waals surface area (Å²) in [5.74, 6) is 1.82. The number of para-hydroxylation sites is 2. The number of fused-ring (bicyclic) bond motifs is 1. The van der Waals surface area contributed by atoms with E-state index in [1.54, 1.807) is 0 Å². The number of imidazole rings is 1. The van der Waals surface area contributed by atoms with Gasteiger partial charge < -0.3 is 9.30 Å². The van der Waals surface area contributed by atoms with Gasteiger partial charge >= 0.3 is 0 Å². The molecule has 1 atom stereocenters. The topological polar surface area (TPSA) is 27.1 Å². The summed E-state index contributed by atoms with van der Waals surface area (Å²) in [5, 5.41) is 0. The van der Waals surface area contributed by atoms with Gasteiger partial charge in [0.15, 0.2) is 11.9 Å². The molecular weight excluding hydrogens is 332 g/mol. The standard InChI is InChI=1S/C24H24N2O/c1-17-9-8-12-21(15-17)27-19(3)24-25-22-13-6-7-14-23(22)26(24)16-20-11-5-4-10-18(20)2/h4-15,19H,16H2,1-3H3. The van der Waals surface area contributed by atoms with Crippen molar-refractivity contribution in [2.24, 2.45) is 0 Å². The zero-order chi connectivity index (χ0) is 18.8. The molecule has 0 amide bonds. The minimum absolute atomic E-state index is 0.150. The van der Waals surface area contributed by atoms with Crippen LogP contribution in [0.15, 0.2) is 72.8 Å². The molecular formula is C24H24N2O. The first kappa shape index (κ1) is 17.3. The third-order valence-corrected chi connectivity index (χ3v) is 4.94. The van der Waals surface area contributed by atoms with Gasteiger partial charge in [-0.2, -0.15) is 0 Å². The van der Waals surface area contributed by atoms with Crippen LogP contribution < -0.4 is 4.74 Å². The highest BCUT2D eigenvalue weighted by molar-refractivity contribution is 5.76. The van der Waals surface area contributed by atoms with Crippen LogP contribution in [0.25, 0.3) is 11.0 Å². The lowest BCUT2D eigenvalue weighted by atomic mass is 10.1. The Labute approximate surface area is 160 Å². The van der Waals surface area contributed by atoms with Crippen molar-refractivity contribution in [3.63, 3.8) is 0 Å². The van der Waals surface area contributed by atoms with Crippen LogP contribution in [-0.4, -0.2) is 9.55 Å². The highest BCUT2D eigenvalue weighted by Gasteiger charge is 2.18. The summed E-state index contributed by atoms with van der Waals surface area (Å²) in [5.41, 5.74) is 5.91. The third kappa shape index (κ3) is 3.59. The van der Waals surface area contributed by atoms with E-state index in [-0.39, 0.29) is 6.10 Å².